The summed E-state index contributed by atoms with van der Waals surface area (Å²) in [7, 11) is 4.26. The SMILES string of the molecule is CN(C)C1(CNC(=O)[C@H]2CCC(=O)N(CCN3CCOCC3)C2)CCCCC1. The van der Waals surface area contributed by atoms with Gasteiger partial charge in [0, 0.05) is 51.2 Å². The lowest BCUT2D eigenvalue weighted by Gasteiger charge is -2.43. The Morgan fingerprint density at radius 2 is 1.89 bits per heavy atom. The van der Waals surface area contributed by atoms with Gasteiger partial charge >= 0.3 is 0 Å². The molecule has 7 nitrogen and oxygen atoms in total. The second-order valence-electron chi connectivity index (χ2n) is 8.93. The van der Waals surface area contributed by atoms with Gasteiger partial charge in [0.05, 0.1) is 19.1 Å². The van der Waals surface area contributed by atoms with E-state index in [4.69, 9.17) is 4.74 Å². The average molecular weight is 395 g/mol. The van der Waals surface area contributed by atoms with Gasteiger partial charge in [-0.3, -0.25) is 14.5 Å². The Hall–Kier alpha value is -1.18. The van der Waals surface area contributed by atoms with Gasteiger partial charge in [-0.2, -0.15) is 0 Å². The standard InChI is InChI=1S/C21H38N4O3/c1-23(2)21(8-4-3-5-9-21)17-22-20(27)18-6-7-19(26)25(16-18)11-10-24-12-14-28-15-13-24/h18H,3-17H2,1-2H3,(H,22,27)/t18-/m0/s1. The molecule has 2 saturated heterocycles. The molecular weight excluding hydrogens is 356 g/mol. The molecule has 160 valence electrons. The summed E-state index contributed by atoms with van der Waals surface area (Å²) in [5.74, 6) is 0.232. The lowest BCUT2D eigenvalue weighted by atomic mass is 9.80. The maximum Gasteiger partial charge on any atom is 0.224 e. The first kappa shape index (κ1) is 21.5. The van der Waals surface area contributed by atoms with Gasteiger partial charge in [-0.1, -0.05) is 19.3 Å². The van der Waals surface area contributed by atoms with E-state index < -0.39 is 0 Å². The van der Waals surface area contributed by atoms with Crippen LogP contribution < -0.4 is 5.32 Å². The molecule has 7 heteroatoms. The molecule has 2 aliphatic heterocycles. The molecule has 3 aliphatic rings. The highest BCUT2D eigenvalue weighted by molar-refractivity contribution is 5.83. The number of hydrogen-bond donors (Lipinski definition) is 1. The minimum Gasteiger partial charge on any atom is -0.379 e. The van der Waals surface area contributed by atoms with E-state index >= 15 is 0 Å². The van der Waals surface area contributed by atoms with Crippen molar-refractivity contribution in [3.63, 3.8) is 0 Å². The minimum atomic E-state index is -0.0785. The topological polar surface area (TPSA) is 65.1 Å². The molecule has 3 rings (SSSR count). The molecular formula is C21H38N4O3. The van der Waals surface area contributed by atoms with E-state index in [0.717, 1.165) is 52.2 Å². The molecule has 3 fully saturated rings. The Balaban J connectivity index is 1.48. The predicted molar refractivity (Wildman–Crippen MR) is 109 cm³/mol. The van der Waals surface area contributed by atoms with Crippen LogP contribution in [0.1, 0.15) is 44.9 Å². The van der Waals surface area contributed by atoms with Crippen molar-refractivity contribution in [1.82, 2.24) is 20.0 Å². The van der Waals surface area contributed by atoms with Crippen molar-refractivity contribution in [3.05, 3.63) is 0 Å². The molecule has 2 heterocycles. The summed E-state index contributed by atoms with van der Waals surface area (Å²) in [6, 6.07) is 0. The van der Waals surface area contributed by atoms with Gasteiger partial charge < -0.3 is 19.9 Å². The highest BCUT2D eigenvalue weighted by Gasteiger charge is 2.36. The maximum absolute atomic E-state index is 12.9. The van der Waals surface area contributed by atoms with E-state index in [9.17, 15) is 9.59 Å². The molecule has 1 saturated carbocycles. The second-order valence-corrected chi connectivity index (χ2v) is 8.93. The molecule has 0 unspecified atom stereocenters. The lowest BCUT2D eigenvalue weighted by Crippen LogP contribution is -2.55. The van der Waals surface area contributed by atoms with Crippen molar-refractivity contribution in [2.75, 3.05) is 66.6 Å². The molecule has 1 aliphatic carbocycles. The van der Waals surface area contributed by atoms with Crippen LogP contribution in [-0.4, -0.2) is 98.6 Å². The van der Waals surface area contributed by atoms with Crippen LogP contribution in [0.25, 0.3) is 0 Å². The van der Waals surface area contributed by atoms with Gasteiger partial charge in [0.1, 0.15) is 0 Å². The van der Waals surface area contributed by atoms with E-state index in [1.165, 1.54) is 19.3 Å². The monoisotopic (exact) mass is 394 g/mol. The average Bonchev–Trinajstić information content (AvgIpc) is 2.72. The number of hydrogen-bond acceptors (Lipinski definition) is 5. The number of carbonyl (C=O) groups excluding carboxylic acids is 2. The van der Waals surface area contributed by atoms with Crippen LogP contribution in [-0.2, 0) is 14.3 Å². The first-order valence-electron chi connectivity index (χ1n) is 11.0. The Morgan fingerprint density at radius 1 is 1.18 bits per heavy atom. The highest BCUT2D eigenvalue weighted by Crippen LogP contribution is 2.31. The van der Waals surface area contributed by atoms with E-state index in [2.05, 4.69) is 29.2 Å². The van der Waals surface area contributed by atoms with Crippen LogP contribution in [0.2, 0.25) is 0 Å². The van der Waals surface area contributed by atoms with Crippen LogP contribution >= 0.6 is 0 Å². The Labute approximate surface area is 169 Å². The van der Waals surface area contributed by atoms with E-state index in [1.807, 2.05) is 4.90 Å². The maximum atomic E-state index is 12.9. The number of nitrogens with zero attached hydrogens (tertiary/aromatic N) is 3. The third-order valence-electron chi connectivity index (χ3n) is 6.99. The molecule has 0 aromatic heterocycles. The van der Waals surface area contributed by atoms with E-state index in [0.29, 0.717) is 25.9 Å². The Morgan fingerprint density at radius 3 is 2.57 bits per heavy atom. The summed E-state index contributed by atoms with van der Waals surface area (Å²) in [6.07, 6.45) is 7.23. The van der Waals surface area contributed by atoms with Gasteiger partial charge in [-0.05, 0) is 33.4 Å². The van der Waals surface area contributed by atoms with Crippen LogP contribution in [0.3, 0.4) is 0 Å². The van der Waals surface area contributed by atoms with Crippen LogP contribution in [0.5, 0.6) is 0 Å². The largest absolute Gasteiger partial charge is 0.379 e. The number of rotatable bonds is 7. The fourth-order valence-corrected chi connectivity index (χ4v) is 4.82. The molecule has 1 N–H and O–H groups in total. The van der Waals surface area contributed by atoms with E-state index in [1.54, 1.807) is 0 Å². The molecule has 0 aromatic rings. The quantitative estimate of drug-likeness (QED) is 0.696. The predicted octanol–water partition coefficient (Wildman–Crippen LogP) is 0.938. The van der Waals surface area contributed by atoms with Gasteiger partial charge in [0.15, 0.2) is 0 Å². The van der Waals surface area contributed by atoms with Crippen molar-refractivity contribution < 1.29 is 14.3 Å². The molecule has 0 spiro atoms. The third-order valence-corrected chi connectivity index (χ3v) is 6.99. The summed E-state index contributed by atoms with van der Waals surface area (Å²) in [6.45, 7) is 6.26. The van der Waals surface area contributed by atoms with Gasteiger partial charge in [-0.25, -0.2) is 0 Å². The zero-order chi connectivity index (χ0) is 20.0. The number of morpholine rings is 1. The summed E-state index contributed by atoms with van der Waals surface area (Å²) in [5.41, 5.74) is 0.0917. The molecule has 0 bridgehead atoms. The van der Waals surface area contributed by atoms with Crippen molar-refractivity contribution >= 4 is 11.8 Å². The number of piperidine rings is 1. The fraction of sp³-hybridized carbons (Fsp3) is 0.905. The van der Waals surface area contributed by atoms with Crippen LogP contribution in [0.15, 0.2) is 0 Å². The van der Waals surface area contributed by atoms with Gasteiger partial charge in [0.2, 0.25) is 11.8 Å². The van der Waals surface area contributed by atoms with E-state index in [-0.39, 0.29) is 23.3 Å². The molecule has 2 amide bonds. The van der Waals surface area contributed by atoms with Crippen LogP contribution in [0.4, 0.5) is 0 Å². The van der Waals surface area contributed by atoms with Crippen molar-refractivity contribution in [2.45, 2.75) is 50.5 Å². The Kier molecular flexibility index (Phi) is 7.71. The number of ether oxygens (including phenoxy) is 1. The molecule has 1 atom stereocenters. The number of amides is 2. The summed E-state index contributed by atoms with van der Waals surface area (Å²) < 4.78 is 5.38. The zero-order valence-corrected chi connectivity index (χ0v) is 17.8. The minimum absolute atomic E-state index is 0.0785. The zero-order valence-electron chi connectivity index (χ0n) is 17.8. The first-order valence-corrected chi connectivity index (χ1v) is 11.0. The van der Waals surface area contributed by atoms with Gasteiger partial charge in [0.25, 0.3) is 0 Å². The molecule has 0 aromatic carbocycles. The number of carbonyl (C=O) groups is 2. The number of likely N-dealkylation sites (N-methyl/N-ethyl adjacent to an activating group) is 1. The van der Waals surface area contributed by atoms with Crippen molar-refractivity contribution in [2.24, 2.45) is 5.92 Å². The van der Waals surface area contributed by atoms with Crippen LogP contribution in [0, 0.1) is 5.92 Å². The first-order chi connectivity index (χ1) is 13.5. The Bertz CT molecular complexity index is 528. The molecule has 28 heavy (non-hydrogen) atoms. The fourth-order valence-electron chi connectivity index (χ4n) is 4.82. The molecule has 0 radical (unpaired) electrons. The summed E-state index contributed by atoms with van der Waals surface area (Å²) in [5, 5.41) is 3.24. The third kappa shape index (κ3) is 5.45. The highest BCUT2D eigenvalue weighted by atomic mass is 16.5. The van der Waals surface area contributed by atoms with Crippen molar-refractivity contribution in [3.8, 4) is 0 Å². The van der Waals surface area contributed by atoms with Gasteiger partial charge in [-0.15, -0.1) is 0 Å². The smallest absolute Gasteiger partial charge is 0.224 e. The normalized spacial score (nSPS) is 26.5. The lowest BCUT2D eigenvalue weighted by molar-refractivity contribution is -0.138. The van der Waals surface area contributed by atoms with Crippen molar-refractivity contribution in [1.29, 1.82) is 0 Å². The number of nitrogens with one attached hydrogen (secondary N) is 1. The second kappa shape index (κ2) is 10.0. The number of likely N-dealkylation sites (tertiary alicyclic amines) is 1. The summed E-state index contributed by atoms with van der Waals surface area (Å²) in [4.78, 5) is 31.7. The summed E-state index contributed by atoms with van der Waals surface area (Å²) >= 11 is 0.